The first kappa shape index (κ1) is 50.1. The molecule has 0 saturated carbocycles. The number of hydrogen-bond donors (Lipinski definition) is 0. The van der Waals surface area contributed by atoms with Crippen LogP contribution in [0.3, 0.4) is 0 Å². The van der Waals surface area contributed by atoms with Crippen LogP contribution in [0.5, 0.6) is 11.5 Å². The standard InChI is InChI=1S/C65H63N5O.Pt/c1-62(2,3)45-30-31-53(43-22-15-13-16-23-43)56(37-45)61-67-69(50-35-47(64(7,8)9)34-48(36-50)65(10,11)12)42-68(61)49-26-21-27-51(39-49)71-52-40-55(44-24-17-14-18-25-44)60-54-28-19-20-29-57(54)70(58(60)41-52)59-38-46(32-33-66-59)63(4,5)6;/h13-38,40H,1-12H3;/q-2;. The Kier molecular flexibility index (Phi) is 13.2. The van der Waals surface area contributed by atoms with Crippen molar-refractivity contribution in [2.24, 2.45) is 0 Å². The maximum atomic E-state index is 6.98. The van der Waals surface area contributed by atoms with Crippen molar-refractivity contribution >= 4 is 21.8 Å². The summed E-state index contributed by atoms with van der Waals surface area (Å²) in [4.78, 5) is 4.97. The largest absolute Gasteiger partial charge is 0.510 e. The molecule has 366 valence electrons. The maximum Gasteiger partial charge on any atom is 0.272 e. The summed E-state index contributed by atoms with van der Waals surface area (Å²) in [5.74, 6) is 2.65. The van der Waals surface area contributed by atoms with E-state index in [0.717, 1.165) is 72.6 Å². The topological polar surface area (TPSA) is 48.8 Å². The van der Waals surface area contributed by atoms with E-state index < -0.39 is 0 Å². The second-order valence-corrected chi connectivity index (χ2v) is 23.0. The van der Waals surface area contributed by atoms with Gasteiger partial charge in [0, 0.05) is 49.8 Å². The number of rotatable bonds is 8. The molecule has 0 atom stereocenters. The zero-order valence-electron chi connectivity index (χ0n) is 43.5. The van der Waals surface area contributed by atoms with Gasteiger partial charge in [0.1, 0.15) is 5.82 Å². The number of ether oxygens (including phenoxy) is 1. The van der Waals surface area contributed by atoms with Gasteiger partial charge in [-0.2, -0.15) is 16.8 Å². The molecule has 0 amide bonds. The van der Waals surface area contributed by atoms with Crippen molar-refractivity contribution in [2.45, 2.75) is 105 Å². The quantitative estimate of drug-likeness (QED) is 0.113. The summed E-state index contributed by atoms with van der Waals surface area (Å²) < 4.78 is 13.1. The second kappa shape index (κ2) is 18.9. The minimum Gasteiger partial charge on any atom is -0.510 e. The molecule has 0 unspecified atom stereocenters. The Morgan fingerprint density at radius 1 is 0.500 bits per heavy atom. The van der Waals surface area contributed by atoms with Crippen LogP contribution < -0.4 is 9.42 Å². The van der Waals surface area contributed by atoms with E-state index in [1.807, 2.05) is 27.6 Å². The number of hydrogen-bond acceptors (Lipinski definition) is 3. The predicted octanol–water partition coefficient (Wildman–Crippen LogP) is 16.0. The summed E-state index contributed by atoms with van der Waals surface area (Å²) in [5.41, 5.74) is 13.4. The molecular formula is C65H63N5OPt-2. The van der Waals surface area contributed by atoms with Crippen molar-refractivity contribution in [3.05, 3.63) is 205 Å². The van der Waals surface area contributed by atoms with E-state index >= 15 is 0 Å². The van der Waals surface area contributed by atoms with Gasteiger partial charge < -0.3 is 13.9 Å². The van der Waals surface area contributed by atoms with E-state index in [9.17, 15) is 0 Å². The first-order valence-corrected chi connectivity index (χ1v) is 24.7. The maximum absolute atomic E-state index is 6.98. The van der Waals surface area contributed by atoms with E-state index in [1.54, 1.807) is 0 Å². The Morgan fingerprint density at radius 2 is 1.10 bits per heavy atom. The van der Waals surface area contributed by atoms with Gasteiger partial charge in [-0.1, -0.05) is 215 Å². The van der Waals surface area contributed by atoms with Crippen LogP contribution in [0.1, 0.15) is 105 Å². The average Bonchev–Trinajstić information content (AvgIpc) is 3.94. The SMILES string of the molecule is CC(C)(C)c1cc(-[n+]2[c-]n(-c3[c-]c(Oc4[c-]c5c(c(-c6ccccc6)c4)c4ccccc4n5-c4cc(C(C)(C)C)ccn4)ccc3)c(-c3cc(C(C)(C)C)ccc3-c3ccccc3)n2)cc(C(C)(C)C)c1.[Pt]. The van der Waals surface area contributed by atoms with Gasteiger partial charge in [-0.25, -0.2) is 4.98 Å². The number of fused-ring (bicyclic) bond motifs is 3. The summed E-state index contributed by atoms with van der Waals surface area (Å²) in [6, 6.07) is 63.1. The Balaban J connectivity index is 0.00000640. The van der Waals surface area contributed by atoms with Crippen LogP contribution in [0.4, 0.5) is 0 Å². The fourth-order valence-corrected chi connectivity index (χ4v) is 9.30. The summed E-state index contributed by atoms with van der Waals surface area (Å²) in [5, 5.41) is 7.70. The number of aromatic nitrogens is 5. The first-order chi connectivity index (χ1) is 33.7. The Hall–Kier alpha value is -6.88. The molecule has 6 nitrogen and oxygen atoms in total. The van der Waals surface area contributed by atoms with Crippen LogP contribution >= 0.6 is 0 Å². The minimum atomic E-state index is -0.114. The van der Waals surface area contributed by atoms with Crippen LogP contribution in [-0.2, 0) is 42.7 Å². The molecule has 0 radical (unpaired) electrons. The van der Waals surface area contributed by atoms with E-state index in [1.165, 1.54) is 22.3 Å². The van der Waals surface area contributed by atoms with Crippen molar-refractivity contribution in [2.75, 3.05) is 0 Å². The molecular weight excluding hydrogens is 1060 g/mol. The van der Waals surface area contributed by atoms with Crippen LogP contribution in [-0.4, -0.2) is 19.2 Å². The molecule has 0 aliphatic heterocycles. The van der Waals surface area contributed by atoms with Crippen LogP contribution in [0, 0.1) is 18.5 Å². The van der Waals surface area contributed by atoms with Crippen LogP contribution in [0.25, 0.3) is 72.6 Å². The monoisotopic (exact) mass is 1120 g/mol. The van der Waals surface area contributed by atoms with E-state index in [4.69, 9.17) is 14.8 Å². The van der Waals surface area contributed by atoms with Crippen LogP contribution in [0.15, 0.2) is 164 Å². The van der Waals surface area contributed by atoms with Gasteiger partial charge >= 0.3 is 0 Å². The molecule has 0 fully saturated rings. The number of benzene rings is 7. The fourth-order valence-electron chi connectivity index (χ4n) is 9.30. The molecule has 7 aromatic carbocycles. The fraction of sp³-hybridized carbons (Fsp3) is 0.246. The van der Waals surface area contributed by atoms with Gasteiger partial charge in [-0.15, -0.1) is 34.9 Å². The van der Waals surface area contributed by atoms with Gasteiger partial charge in [-0.05, 0) is 84.2 Å². The molecule has 0 spiro atoms. The van der Waals surface area contributed by atoms with E-state index in [2.05, 4.69) is 252 Å². The Bertz CT molecular complexity index is 3560. The summed E-state index contributed by atoms with van der Waals surface area (Å²) >= 11 is 0. The molecule has 3 aromatic heterocycles. The van der Waals surface area contributed by atoms with Crippen molar-refractivity contribution in [1.82, 2.24) is 19.2 Å². The molecule has 0 saturated heterocycles. The molecule has 0 aliphatic rings. The second-order valence-electron chi connectivity index (χ2n) is 23.0. The van der Waals surface area contributed by atoms with Crippen molar-refractivity contribution in [3.8, 4) is 62.3 Å². The molecule has 10 aromatic rings. The summed E-state index contributed by atoms with van der Waals surface area (Å²) in [7, 11) is 0. The van der Waals surface area contributed by atoms with E-state index in [0.29, 0.717) is 11.5 Å². The molecule has 72 heavy (non-hydrogen) atoms. The Labute approximate surface area is 440 Å². The molecule has 0 N–H and O–H groups in total. The number of nitrogens with zero attached hydrogens (tertiary/aromatic N) is 5. The molecule has 0 bridgehead atoms. The van der Waals surface area contributed by atoms with Gasteiger partial charge in [-0.3, -0.25) is 0 Å². The van der Waals surface area contributed by atoms with Gasteiger partial charge in [0.2, 0.25) is 0 Å². The van der Waals surface area contributed by atoms with Crippen molar-refractivity contribution in [3.63, 3.8) is 0 Å². The van der Waals surface area contributed by atoms with E-state index in [-0.39, 0.29) is 42.7 Å². The molecule has 10 rings (SSSR count). The zero-order chi connectivity index (χ0) is 50.0. The van der Waals surface area contributed by atoms with Crippen LogP contribution in [0.2, 0.25) is 0 Å². The Morgan fingerprint density at radius 3 is 1.74 bits per heavy atom. The summed E-state index contributed by atoms with van der Waals surface area (Å²) in [6.45, 7) is 27.0. The van der Waals surface area contributed by atoms with Crippen molar-refractivity contribution < 1.29 is 30.5 Å². The summed E-state index contributed by atoms with van der Waals surface area (Å²) in [6.07, 6.45) is 5.64. The number of para-hydroxylation sites is 1. The van der Waals surface area contributed by atoms with Gasteiger partial charge in [0.05, 0.1) is 5.69 Å². The normalized spacial score (nSPS) is 12.3. The third kappa shape index (κ3) is 9.87. The van der Waals surface area contributed by atoms with Gasteiger partial charge in [0.15, 0.2) is 5.82 Å². The predicted molar refractivity (Wildman–Crippen MR) is 291 cm³/mol. The number of pyridine rings is 1. The molecule has 7 heteroatoms. The van der Waals surface area contributed by atoms with Gasteiger partial charge in [0.25, 0.3) is 6.33 Å². The average molecular weight is 1130 g/mol. The third-order valence-electron chi connectivity index (χ3n) is 13.5. The van der Waals surface area contributed by atoms with Crippen molar-refractivity contribution in [1.29, 1.82) is 0 Å². The smallest absolute Gasteiger partial charge is 0.272 e. The minimum absolute atomic E-state index is 0. The molecule has 3 heterocycles. The zero-order valence-corrected chi connectivity index (χ0v) is 45.8. The first-order valence-electron chi connectivity index (χ1n) is 24.7. The molecule has 0 aliphatic carbocycles. The third-order valence-corrected chi connectivity index (χ3v) is 13.5.